The standard InChI is InChI=1S/C21H27N7O2/c1-21(2)13-29-8-7-26(21)17-9-19(27-14-3-4-15(27)12-30-11-14)24-20-16(17)10-23-28(20)18-5-6-22-25-18/h5-6,9-10,14-15H,3-4,7-8,11-13H2,1-2H3,(H,22,25). The average molecular weight is 409 g/mol. The number of nitrogens with one attached hydrogen (secondary N) is 1. The topological polar surface area (TPSA) is 84.3 Å². The maximum atomic E-state index is 5.82. The maximum absolute atomic E-state index is 5.82. The van der Waals surface area contributed by atoms with Crippen molar-refractivity contribution in [3.63, 3.8) is 0 Å². The molecule has 30 heavy (non-hydrogen) atoms. The van der Waals surface area contributed by atoms with Crippen molar-refractivity contribution in [3.05, 3.63) is 24.5 Å². The third-order valence-corrected chi connectivity index (χ3v) is 6.66. The number of H-pyrrole nitrogens is 1. The Labute approximate surface area is 175 Å². The van der Waals surface area contributed by atoms with Gasteiger partial charge in [0.1, 0.15) is 5.82 Å². The highest BCUT2D eigenvalue weighted by molar-refractivity contribution is 5.92. The van der Waals surface area contributed by atoms with Gasteiger partial charge in [-0.1, -0.05) is 0 Å². The van der Waals surface area contributed by atoms with Crippen LogP contribution in [0, 0.1) is 0 Å². The van der Waals surface area contributed by atoms with Crippen LogP contribution in [0.3, 0.4) is 0 Å². The molecule has 0 spiro atoms. The van der Waals surface area contributed by atoms with Gasteiger partial charge < -0.3 is 19.3 Å². The van der Waals surface area contributed by atoms with E-state index >= 15 is 0 Å². The molecule has 3 aromatic rings. The third kappa shape index (κ3) is 2.72. The van der Waals surface area contributed by atoms with Crippen molar-refractivity contribution in [2.45, 2.75) is 44.3 Å². The van der Waals surface area contributed by atoms with E-state index < -0.39 is 0 Å². The molecule has 0 aliphatic carbocycles. The number of hydrogen-bond acceptors (Lipinski definition) is 7. The van der Waals surface area contributed by atoms with Crippen LogP contribution >= 0.6 is 0 Å². The molecule has 6 heterocycles. The Hall–Kier alpha value is -2.65. The minimum Gasteiger partial charge on any atom is -0.377 e. The second-order valence-electron chi connectivity index (χ2n) is 9.08. The smallest absolute Gasteiger partial charge is 0.169 e. The normalized spacial score (nSPS) is 25.9. The van der Waals surface area contributed by atoms with Crippen LogP contribution in [0.15, 0.2) is 24.5 Å². The fourth-order valence-corrected chi connectivity index (χ4v) is 5.18. The van der Waals surface area contributed by atoms with Gasteiger partial charge in [0.15, 0.2) is 11.5 Å². The second kappa shape index (κ2) is 6.68. The summed E-state index contributed by atoms with van der Waals surface area (Å²) in [5.74, 6) is 1.82. The quantitative estimate of drug-likeness (QED) is 0.709. The van der Waals surface area contributed by atoms with Gasteiger partial charge in [0, 0.05) is 18.7 Å². The van der Waals surface area contributed by atoms with E-state index in [2.05, 4.69) is 45.0 Å². The molecule has 6 rings (SSSR count). The Balaban J connectivity index is 1.55. The summed E-state index contributed by atoms with van der Waals surface area (Å²) in [4.78, 5) is 10.1. The predicted octanol–water partition coefficient (Wildman–Crippen LogP) is 2.13. The van der Waals surface area contributed by atoms with Crippen molar-refractivity contribution in [2.75, 3.05) is 42.8 Å². The lowest BCUT2D eigenvalue weighted by Crippen LogP contribution is -2.53. The molecule has 3 aromatic heterocycles. The highest BCUT2D eigenvalue weighted by Gasteiger charge is 2.39. The first-order chi connectivity index (χ1) is 14.6. The Morgan fingerprint density at radius 2 is 2.00 bits per heavy atom. The summed E-state index contributed by atoms with van der Waals surface area (Å²) in [5.41, 5.74) is 1.91. The van der Waals surface area contributed by atoms with E-state index in [1.165, 1.54) is 5.69 Å². The van der Waals surface area contributed by atoms with E-state index in [1.807, 2.05) is 16.9 Å². The molecule has 3 fully saturated rings. The molecule has 9 heteroatoms. The molecular weight excluding hydrogens is 382 g/mol. The summed E-state index contributed by atoms with van der Waals surface area (Å²) in [6.07, 6.45) is 5.97. The molecule has 2 bridgehead atoms. The van der Waals surface area contributed by atoms with Crippen molar-refractivity contribution < 1.29 is 9.47 Å². The van der Waals surface area contributed by atoms with Crippen LogP contribution in [-0.4, -0.2) is 75.6 Å². The van der Waals surface area contributed by atoms with Gasteiger partial charge in [-0.3, -0.25) is 5.10 Å². The molecule has 2 unspecified atom stereocenters. The monoisotopic (exact) mass is 409 g/mol. The van der Waals surface area contributed by atoms with E-state index in [0.29, 0.717) is 18.7 Å². The van der Waals surface area contributed by atoms with Gasteiger partial charge in [-0.2, -0.15) is 14.9 Å². The highest BCUT2D eigenvalue weighted by atomic mass is 16.5. The lowest BCUT2D eigenvalue weighted by atomic mass is 10.0. The largest absolute Gasteiger partial charge is 0.377 e. The van der Waals surface area contributed by atoms with E-state index in [0.717, 1.165) is 61.9 Å². The Kier molecular flexibility index (Phi) is 4.04. The summed E-state index contributed by atoms with van der Waals surface area (Å²) in [6, 6.07) is 4.95. The third-order valence-electron chi connectivity index (χ3n) is 6.66. The van der Waals surface area contributed by atoms with E-state index in [4.69, 9.17) is 14.5 Å². The van der Waals surface area contributed by atoms with Crippen LogP contribution in [0.5, 0.6) is 0 Å². The first-order valence-corrected chi connectivity index (χ1v) is 10.7. The molecule has 0 radical (unpaired) electrons. The number of nitrogens with zero attached hydrogens (tertiary/aromatic N) is 6. The molecule has 3 aliphatic rings. The number of pyridine rings is 1. The Bertz CT molecular complexity index is 1040. The number of anilines is 2. The Morgan fingerprint density at radius 1 is 1.17 bits per heavy atom. The fraction of sp³-hybridized carbons (Fsp3) is 0.571. The zero-order valence-corrected chi connectivity index (χ0v) is 17.4. The Morgan fingerprint density at radius 3 is 2.73 bits per heavy atom. The number of aromatic amines is 1. The minimum atomic E-state index is -0.107. The van der Waals surface area contributed by atoms with Gasteiger partial charge in [-0.15, -0.1) is 0 Å². The minimum absolute atomic E-state index is 0.107. The fourth-order valence-electron chi connectivity index (χ4n) is 5.18. The maximum Gasteiger partial charge on any atom is 0.169 e. The van der Waals surface area contributed by atoms with Crippen LogP contribution in [0.4, 0.5) is 11.5 Å². The van der Waals surface area contributed by atoms with Gasteiger partial charge in [0.25, 0.3) is 0 Å². The molecule has 2 atom stereocenters. The number of fused-ring (bicyclic) bond motifs is 3. The summed E-state index contributed by atoms with van der Waals surface area (Å²) < 4.78 is 13.5. The van der Waals surface area contributed by atoms with Crippen LogP contribution < -0.4 is 9.80 Å². The van der Waals surface area contributed by atoms with Gasteiger partial charge in [0.2, 0.25) is 0 Å². The predicted molar refractivity (Wildman–Crippen MR) is 113 cm³/mol. The van der Waals surface area contributed by atoms with Crippen LogP contribution in [0.25, 0.3) is 16.9 Å². The number of rotatable bonds is 3. The number of morpholine rings is 2. The van der Waals surface area contributed by atoms with Crippen molar-refractivity contribution in [1.82, 2.24) is 25.0 Å². The lowest BCUT2D eigenvalue weighted by Gasteiger charge is -2.44. The SMILES string of the molecule is CC1(C)COCCN1c1cc(N2C3CCC2COC3)nc2c1cnn2-c1ccn[nH]1. The van der Waals surface area contributed by atoms with Gasteiger partial charge in [0.05, 0.1) is 67.5 Å². The van der Waals surface area contributed by atoms with Gasteiger partial charge >= 0.3 is 0 Å². The highest BCUT2D eigenvalue weighted by Crippen LogP contribution is 2.39. The van der Waals surface area contributed by atoms with E-state index in [1.54, 1.807) is 6.20 Å². The summed E-state index contributed by atoms with van der Waals surface area (Å²) in [7, 11) is 0. The van der Waals surface area contributed by atoms with Gasteiger partial charge in [-0.25, -0.2) is 4.98 Å². The van der Waals surface area contributed by atoms with Crippen LogP contribution in [0.1, 0.15) is 26.7 Å². The molecule has 158 valence electrons. The van der Waals surface area contributed by atoms with E-state index in [-0.39, 0.29) is 5.54 Å². The molecule has 3 saturated heterocycles. The average Bonchev–Trinajstić information content (AvgIpc) is 3.45. The summed E-state index contributed by atoms with van der Waals surface area (Å²) in [5, 5.41) is 12.8. The van der Waals surface area contributed by atoms with Crippen LogP contribution in [0.2, 0.25) is 0 Å². The summed E-state index contributed by atoms with van der Waals surface area (Å²) in [6.45, 7) is 8.27. The summed E-state index contributed by atoms with van der Waals surface area (Å²) >= 11 is 0. The van der Waals surface area contributed by atoms with E-state index in [9.17, 15) is 0 Å². The molecule has 1 N–H and O–H groups in total. The molecule has 0 aromatic carbocycles. The van der Waals surface area contributed by atoms with Crippen molar-refractivity contribution in [3.8, 4) is 5.82 Å². The first-order valence-electron chi connectivity index (χ1n) is 10.7. The van der Waals surface area contributed by atoms with Crippen molar-refractivity contribution in [2.24, 2.45) is 0 Å². The zero-order valence-electron chi connectivity index (χ0n) is 17.4. The molecular formula is C21H27N7O2. The van der Waals surface area contributed by atoms with Gasteiger partial charge in [-0.05, 0) is 26.7 Å². The van der Waals surface area contributed by atoms with Crippen molar-refractivity contribution in [1.29, 1.82) is 0 Å². The number of ether oxygens (including phenoxy) is 2. The zero-order chi connectivity index (χ0) is 20.3. The molecule has 9 nitrogen and oxygen atoms in total. The first kappa shape index (κ1) is 18.1. The van der Waals surface area contributed by atoms with Crippen molar-refractivity contribution >= 4 is 22.5 Å². The van der Waals surface area contributed by atoms with Crippen LogP contribution in [-0.2, 0) is 9.47 Å². The number of hydrogen-bond donors (Lipinski definition) is 1. The lowest BCUT2D eigenvalue weighted by molar-refractivity contribution is 0.0645. The molecule has 0 amide bonds. The molecule has 3 aliphatic heterocycles. The molecule has 0 saturated carbocycles. The second-order valence-corrected chi connectivity index (χ2v) is 9.08. The number of aromatic nitrogens is 5.